The van der Waals surface area contributed by atoms with Gasteiger partial charge in [-0.2, -0.15) is 0 Å². The fourth-order valence-electron chi connectivity index (χ4n) is 5.65. The van der Waals surface area contributed by atoms with E-state index in [0.717, 1.165) is 6.42 Å². The monoisotopic (exact) mass is 540 g/mol. The number of allylic oxidation sites excluding steroid dienone is 1. The van der Waals surface area contributed by atoms with E-state index < -0.39 is 47.1 Å². The number of carbonyl (C=O) groups is 3. The molecule has 3 heterocycles. The number of esters is 1. The number of likely N-dealkylation sites (tertiary alicyclic amines) is 1. The van der Waals surface area contributed by atoms with Crippen LogP contribution in [0.25, 0.3) is 0 Å². The molecule has 1 spiro atoms. The van der Waals surface area contributed by atoms with Crippen molar-refractivity contribution < 1.29 is 29.0 Å². The highest BCUT2D eigenvalue weighted by molar-refractivity contribution is 9.09. The Hall–Kier alpha value is -1.71. The molecular weight excluding hydrogens is 504 g/mol. The highest BCUT2D eigenvalue weighted by atomic mass is 79.9. The number of fused-ring (bicyclic) bond motifs is 1. The summed E-state index contributed by atoms with van der Waals surface area (Å²) < 4.78 is 12.0. The summed E-state index contributed by atoms with van der Waals surface area (Å²) in [6.45, 7) is 15.1. The number of unbranched alkanes of at least 4 members (excludes halogenated alkanes) is 1. The molecule has 0 saturated carbocycles. The van der Waals surface area contributed by atoms with E-state index in [4.69, 9.17) is 9.47 Å². The van der Waals surface area contributed by atoms with Gasteiger partial charge >= 0.3 is 5.97 Å². The Morgan fingerprint density at radius 3 is 2.62 bits per heavy atom. The molecule has 0 aromatic carbocycles. The molecule has 7 atom stereocenters. The van der Waals surface area contributed by atoms with Crippen LogP contribution < -0.4 is 0 Å². The first-order chi connectivity index (χ1) is 16.0. The zero-order chi connectivity index (χ0) is 25.4. The van der Waals surface area contributed by atoms with Gasteiger partial charge < -0.3 is 24.4 Å². The largest absolute Gasteiger partial charge is 0.465 e. The van der Waals surface area contributed by atoms with Crippen LogP contribution in [0.15, 0.2) is 25.3 Å². The molecule has 8 nitrogen and oxygen atoms in total. The number of alkyl halides is 1. The number of hydrogen-bond acceptors (Lipinski definition) is 6. The van der Waals surface area contributed by atoms with Gasteiger partial charge in [-0.1, -0.05) is 28.1 Å². The first-order valence-corrected chi connectivity index (χ1v) is 12.8. The van der Waals surface area contributed by atoms with E-state index in [1.807, 2.05) is 20.8 Å². The van der Waals surface area contributed by atoms with Crippen LogP contribution in [0.3, 0.4) is 0 Å². The molecule has 190 valence electrons. The molecule has 0 aliphatic carbocycles. The number of ether oxygens (including phenoxy) is 2. The minimum Gasteiger partial charge on any atom is -0.465 e. The van der Waals surface area contributed by atoms with E-state index in [0.29, 0.717) is 19.4 Å². The molecule has 9 heteroatoms. The van der Waals surface area contributed by atoms with E-state index in [1.165, 1.54) is 4.90 Å². The van der Waals surface area contributed by atoms with E-state index in [-0.39, 0.29) is 29.9 Å². The third-order valence-corrected chi connectivity index (χ3v) is 8.00. The van der Waals surface area contributed by atoms with Crippen molar-refractivity contribution in [3.05, 3.63) is 25.3 Å². The standard InChI is InChI=1S/C25H37BrN2O6/c1-7-9-10-12-33-23(32)17-18-21(30)28(15(3)14-29)20(25(18)13-16(26)19(17)34-25)22(31)27(11-8-2)24(4,5)6/h7-8,15-20,29H,1-2,9-14H2,3-6H3/t15-,16?,17-,18+,19-,20?,25?/m1/s1. The van der Waals surface area contributed by atoms with Crippen LogP contribution in [-0.2, 0) is 23.9 Å². The maximum absolute atomic E-state index is 14.1. The molecule has 2 amide bonds. The lowest BCUT2D eigenvalue weighted by Gasteiger charge is -2.43. The maximum Gasteiger partial charge on any atom is 0.312 e. The Balaban J connectivity index is 2.03. The van der Waals surface area contributed by atoms with Crippen LogP contribution in [0.2, 0.25) is 0 Å². The predicted octanol–water partition coefficient (Wildman–Crippen LogP) is 2.44. The molecule has 3 unspecified atom stereocenters. The molecule has 3 saturated heterocycles. The Morgan fingerprint density at radius 2 is 2.06 bits per heavy atom. The second kappa shape index (κ2) is 10.1. The van der Waals surface area contributed by atoms with Crippen LogP contribution in [0.5, 0.6) is 0 Å². The molecule has 2 bridgehead atoms. The van der Waals surface area contributed by atoms with Crippen LogP contribution in [0.1, 0.15) is 47.0 Å². The van der Waals surface area contributed by atoms with Crippen molar-refractivity contribution in [3.8, 4) is 0 Å². The first kappa shape index (κ1) is 26.9. The molecule has 0 radical (unpaired) electrons. The van der Waals surface area contributed by atoms with Gasteiger partial charge in [0.1, 0.15) is 11.6 Å². The van der Waals surface area contributed by atoms with E-state index >= 15 is 0 Å². The fourth-order valence-corrected chi connectivity index (χ4v) is 6.59. The third-order valence-electron chi connectivity index (χ3n) is 7.16. The first-order valence-electron chi connectivity index (χ1n) is 11.9. The van der Waals surface area contributed by atoms with Gasteiger partial charge in [0.15, 0.2) is 0 Å². The average Bonchev–Trinajstić information content (AvgIpc) is 3.36. The summed E-state index contributed by atoms with van der Waals surface area (Å²) in [5.74, 6) is -2.76. The zero-order valence-electron chi connectivity index (χ0n) is 20.5. The Bertz CT molecular complexity index is 842. The van der Waals surface area contributed by atoms with Gasteiger partial charge in [-0.3, -0.25) is 14.4 Å². The number of nitrogens with zero attached hydrogens (tertiary/aromatic N) is 2. The van der Waals surface area contributed by atoms with Gasteiger partial charge in [0.05, 0.1) is 37.2 Å². The second-order valence-electron chi connectivity index (χ2n) is 10.4. The lowest BCUT2D eigenvalue weighted by atomic mass is 9.70. The van der Waals surface area contributed by atoms with Crippen LogP contribution in [-0.4, -0.2) is 86.6 Å². The smallest absolute Gasteiger partial charge is 0.312 e. The van der Waals surface area contributed by atoms with Gasteiger partial charge in [0.2, 0.25) is 11.8 Å². The van der Waals surface area contributed by atoms with Crippen molar-refractivity contribution in [2.45, 2.75) is 81.1 Å². The molecule has 1 N–H and O–H groups in total. The molecule has 0 aromatic heterocycles. The summed E-state index contributed by atoms with van der Waals surface area (Å²) in [6.07, 6.45) is 4.61. The molecule has 0 aromatic rings. The predicted molar refractivity (Wildman–Crippen MR) is 131 cm³/mol. The van der Waals surface area contributed by atoms with Crippen molar-refractivity contribution >= 4 is 33.7 Å². The van der Waals surface area contributed by atoms with Crippen molar-refractivity contribution in [1.82, 2.24) is 9.80 Å². The zero-order valence-corrected chi connectivity index (χ0v) is 22.1. The summed E-state index contributed by atoms with van der Waals surface area (Å²) in [4.78, 5) is 44.0. The van der Waals surface area contributed by atoms with E-state index in [1.54, 1.807) is 24.0 Å². The van der Waals surface area contributed by atoms with Crippen LogP contribution in [0.4, 0.5) is 0 Å². The molecule has 34 heavy (non-hydrogen) atoms. The normalized spacial score (nSPS) is 32.9. The van der Waals surface area contributed by atoms with Crippen molar-refractivity contribution in [1.29, 1.82) is 0 Å². The number of halogens is 1. The number of aliphatic hydroxyl groups excluding tert-OH is 1. The highest BCUT2D eigenvalue weighted by Crippen LogP contribution is 2.60. The Kier molecular flexibility index (Phi) is 7.99. The molecule has 3 rings (SSSR count). The summed E-state index contributed by atoms with van der Waals surface area (Å²) in [7, 11) is 0. The lowest BCUT2D eigenvalue weighted by molar-refractivity contribution is -0.157. The molecule has 3 fully saturated rings. The maximum atomic E-state index is 14.1. The third kappa shape index (κ3) is 4.35. The van der Waals surface area contributed by atoms with Gasteiger partial charge in [-0.25, -0.2) is 0 Å². The summed E-state index contributed by atoms with van der Waals surface area (Å²) in [6, 6.07) is -1.58. The minimum absolute atomic E-state index is 0.204. The summed E-state index contributed by atoms with van der Waals surface area (Å²) in [5, 5.41) is 9.95. The highest BCUT2D eigenvalue weighted by Gasteiger charge is 2.77. The molecular formula is C25H37BrN2O6. The van der Waals surface area contributed by atoms with Gasteiger partial charge in [0.25, 0.3) is 0 Å². The van der Waals surface area contributed by atoms with Crippen molar-refractivity contribution in [2.24, 2.45) is 11.8 Å². The average molecular weight is 541 g/mol. The number of rotatable bonds is 10. The topological polar surface area (TPSA) is 96.4 Å². The van der Waals surface area contributed by atoms with E-state index in [9.17, 15) is 19.5 Å². The quantitative estimate of drug-likeness (QED) is 0.198. The number of carbonyl (C=O) groups excluding carboxylic acids is 3. The minimum atomic E-state index is -1.17. The number of amides is 2. The van der Waals surface area contributed by atoms with Gasteiger partial charge in [-0.15, -0.1) is 13.2 Å². The second-order valence-corrected chi connectivity index (χ2v) is 11.6. The van der Waals surface area contributed by atoms with Gasteiger partial charge in [-0.05, 0) is 47.0 Å². The van der Waals surface area contributed by atoms with Crippen molar-refractivity contribution in [2.75, 3.05) is 19.8 Å². The summed E-state index contributed by atoms with van der Waals surface area (Å²) >= 11 is 3.64. The van der Waals surface area contributed by atoms with Crippen LogP contribution in [0, 0.1) is 11.8 Å². The fraction of sp³-hybridized carbons (Fsp3) is 0.720. The summed E-state index contributed by atoms with van der Waals surface area (Å²) in [5.41, 5.74) is -1.71. The van der Waals surface area contributed by atoms with E-state index in [2.05, 4.69) is 29.1 Å². The number of hydrogen-bond donors (Lipinski definition) is 1. The van der Waals surface area contributed by atoms with Crippen LogP contribution >= 0.6 is 15.9 Å². The SMILES string of the molecule is C=CCCCOC(=O)[C@H]1[C@@H]2OC3(CC2Br)C(C(=O)N(CC=C)C(C)(C)C)N([C@H](C)CO)C(=O)[C@H]13. The Labute approximate surface area is 210 Å². The lowest BCUT2D eigenvalue weighted by Crippen LogP contribution is -2.61. The van der Waals surface area contributed by atoms with Gasteiger partial charge in [0, 0.05) is 16.9 Å². The Morgan fingerprint density at radius 1 is 1.38 bits per heavy atom. The van der Waals surface area contributed by atoms with Crippen molar-refractivity contribution in [3.63, 3.8) is 0 Å². The number of aliphatic hydroxyl groups is 1. The molecule has 3 aliphatic rings. The molecule has 3 aliphatic heterocycles.